The SMILES string of the molecule is O=P(O)(O)OC[C@H]1OC(O)[C@@H](O)[C@@H](O)[C@H]1O. The lowest BCUT2D eigenvalue weighted by Gasteiger charge is -2.38. The maximum Gasteiger partial charge on any atom is 0.469 e. The summed E-state index contributed by atoms with van der Waals surface area (Å²) in [5.41, 5.74) is 0. The molecule has 1 saturated heterocycles. The van der Waals surface area contributed by atoms with Crippen LogP contribution in [0.25, 0.3) is 0 Å². The first-order valence-corrected chi connectivity index (χ1v) is 5.83. The molecule has 0 aromatic heterocycles. The zero-order valence-corrected chi connectivity index (χ0v) is 8.84. The van der Waals surface area contributed by atoms with Gasteiger partial charge in [-0.3, -0.25) is 4.52 Å². The molecule has 1 unspecified atom stereocenters. The zero-order chi connectivity index (χ0) is 12.5. The normalized spacial score (nSPS) is 41.0. The molecule has 1 fully saturated rings. The Morgan fingerprint density at radius 2 is 1.62 bits per heavy atom. The number of rotatable bonds is 3. The molecule has 1 aliphatic heterocycles. The van der Waals surface area contributed by atoms with Crippen LogP contribution < -0.4 is 0 Å². The van der Waals surface area contributed by atoms with Crippen LogP contribution in [0, 0.1) is 0 Å². The van der Waals surface area contributed by atoms with Crippen molar-refractivity contribution in [2.24, 2.45) is 0 Å². The van der Waals surface area contributed by atoms with E-state index >= 15 is 0 Å². The molecule has 0 saturated carbocycles. The highest BCUT2D eigenvalue weighted by atomic mass is 31.2. The van der Waals surface area contributed by atoms with Crippen molar-refractivity contribution >= 4 is 7.82 Å². The molecule has 9 nitrogen and oxygen atoms in total. The van der Waals surface area contributed by atoms with E-state index in [2.05, 4.69) is 9.26 Å². The Morgan fingerprint density at radius 3 is 2.12 bits per heavy atom. The Morgan fingerprint density at radius 1 is 1.06 bits per heavy atom. The van der Waals surface area contributed by atoms with Crippen molar-refractivity contribution in [1.82, 2.24) is 0 Å². The minimum Gasteiger partial charge on any atom is -0.387 e. The molecule has 0 amide bonds. The molecule has 0 radical (unpaired) electrons. The van der Waals surface area contributed by atoms with Gasteiger partial charge in [-0.2, -0.15) is 0 Å². The van der Waals surface area contributed by atoms with Crippen molar-refractivity contribution in [2.75, 3.05) is 6.61 Å². The van der Waals surface area contributed by atoms with Gasteiger partial charge in [-0.25, -0.2) is 4.57 Å². The largest absolute Gasteiger partial charge is 0.469 e. The van der Waals surface area contributed by atoms with Gasteiger partial charge in [-0.05, 0) is 0 Å². The first-order chi connectivity index (χ1) is 7.22. The second-order valence-corrected chi connectivity index (χ2v) is 4.56. The molecular weight excluding hydrogens is 247 g/mol. The molecule has 96 valence electrons. The van der Waals surface area contributed by atoms with E-state index < -0.39 is 45.1 Å². The van der Waals surface area contributed by atoms with Crippen molar-refractivity contribution in [3.8, 4) is 0 Å². The number of ether oxygens (including phenoxy) is 1. The van der Waals surface area contributed by atoms with Crippen LogP contribution in [0.1, 0.15) is 0 Å². The van der Waals surface area contributed by atoms with Crippen molar-refractivity contribution in [1.29, 1.82) is 0 Å². The third-order valence-electron chi connectivity index (χ3n) is 2.09. The number of hydrogen-bond donors (Lipinski definition) is 6. The second kappa shape index (κ2) is 5.05. The molecule has 5 atom stereocenters. The van der Waals surface area contributed by atoms with Crippen LogP contribution in [-0.2, 0) is 13.8 Å². The summed E-state index contributed by atoms with van der Waals surface area (Å²) in [5, 5.41) is 36.7. The summed E-state index contributed by atoms with van der Waals surface area (Å²) in [7, 11) is -4.73. The van der Waals surface area contributed by atoms with Gasteiger partial charge in [0.25, 0.3) is 0 Å². The minimum absolute atomic E-state index is 0.730. The summed E-state index contributed by atoms with van der Waals surface area (Å²) in [6.45, 7) is -0.730. The smallest absolute Gasteiger partial charge is 0.387 e. The van der Waals surface area contributed by atoms with E-state index in [1.165, 1.54) is 0 Å². The fourth-order valence-electron chi connectivity index (χ4n) is 1.24. The van der Waals surface area contributed by atoms with E-state index in [1.54, 1.807) is 0 Å². The number of hydrogen-bond acceptors (Lipinski definition) is 7. The monoisotopic (exact) mass is 260 g/mol. The molecule has 0 bridgehead atoms. The number of phosphoric ester groups is 1. The van der Waals surface area contributed by atoms with E-state index in [9.17, 15) is 14.8 Å². The number of aliphatic hydroxyl groups excluding tert-OH is 4. The van der Waals surface area contributed by atoms with Crippen LogP contribution in [0.3, 0.4) is 0 Å². The minimum atomic E-state index is -4.73. The highest BCUT2D eigenvalue weighted by Crippen LogP contribution is 2.36. The summed E-state index contributed by atoms with van der Waals surface area (Å²) in [6.07, 6.45) is -8.11. The van der Waals surface area contributed by atoms with Crippen LogP contribution in [-0.4, -0.2) is 67.5 Å². The average Bonchev–Trinajstić information content (AvgIpc) is 2.17. The molecule has 16 heavy (non-hydrogen) atoms. The van der Waals surface area contributed by atoms with Crippen molar-refractivity contribution in [2.45, 2.75) is 30.7 Å². The lowest BCUT2D eigenvalue weighted by Crippen LogP contribution is -2.58. The van der Waals surface area contributed by atoms with Crippen molar-refractivity contribution < 1.29 is 44.0 Å². The Hall–Kier alpha value is -0.0900. The van der Waals surface area contributed by atoms with Crippen molar-refractivity contribution in [3.05, 3.63) is 0 Å². The Kier molecular flexibility index (Phi) is 4.41. The lowest BCUT2D eigenvalue weighted by molar-refractivity contribution is -0.285. The van der Waals surface area contributed by atoms with E-state index in [4.69, 9.17) is 20.0 Å². The van der Waals surface area contributed by atoms with E-state index in [-0.39, 0.29) is 0 Å². The maximum absolute atomic E-state index is 10.4. The Balaban J connectivity index is 2.57. The predicted octanol–water partition coefficient (Wildman–Crippen LogP) is -3.10. The van der Waals surface area contributed by atoms with Crippen LogP contribution in [0.2, 0.25) is 0 Å². The summed E-state index contributed by atoms with van der Waals surface area (Å²) in [4.78, 5) is 16.8. The standard InChI is InChI=1S/C6H13O9P/c7-3-2(1-14-16(11,12)13)15-6(10)5(9)4(3)8/h2-10H,1H2,(H2,11,12,13)/t2-,3+,4+,5+,6?/m1/s1. The predicted molar refractivity (Wildman–Crippen MR) is 46.9 cm³/mol. The molecule has 1 rings (SSSR count). The van der Waals surface area contributed by atoms with Crippen molar-refractivity contribution in [3.63, 3.8) is 0 Å². The second-order valence-electron chi connectivity index (χ2n) is 3.32. The third-order valence-corrected chi connectivity index (χ3v) is 2.58. The van der Waals surface area contributed by atoms with Gasteiger partial charge in [-0.15, -0.1) is 0 Å². The van der Waals surface area contributed by atoms with E-state index in [0.29, 0.717) is 0 Å². The molecule has 6 N–H and O–H groups in total. The molecule has 1 aliphatic rings. The molecule has 0 aromatic rings. The van der Waals surface area contributed by atoms with Gasteiger partial charge in [0.2, 0.25) is 0 Å². The first kappa shape index (κ1) is 14.0. The third kappa shape index (κ3) is 3.45. The fourth-order valence-corrected chi connectivity index (χ4v) is 1.58. The molecule has 0 aliphatic carbocycles. The molecule has 0 spiro atoms. The van der Waals surface area contributed by atoms with Gasteiger partial charge in [0, 0.05) is 0 Å². The molecule has 0 aromatic carbocycles. The maximum atomic E-state index is 10.4. The van der Waals surface area contributed by atoms with Gasteiger partial charge >= 0.3 is 7.82 Å². The van der Waals surface area contributed by atoms with Gasteiger partial charge in [0.05, 0.1) is 6.61 Å². The van der Waals surface area contributed by atoms with Gasteiger partial charge in [0.15, 0.2) is 6.29 Å². The summed E-state index contributed by atoms with van der Waals surface area (Å²) >= 11 is 0. The van der Waals surface area contributed by atoms with E-state index in [0.717, 1.165) is 0 Å². The van der Waals surface area contributed by atoms with Crippen LogP contribution in [0.5, 0.6) is 0 Å². The summed E-state index contributed by atoms with van der Waals surface area (Å²) in [6, 6.07) is 0. The highest BCUT2D eigenvalue weighted by Gasteiger charge is 2.43. The topological polar surface area (TPSA) is 157 Å². The fraction of sp³-hybridized carbons (Fsp3) is 1.00. The Labute approximate surface area is 90.1 Å². The van der Waals surface area contributed by atoms with E-state index in [1.807, 2.05) is 0 Å². The lowest BCUT2D eigenvalue weighted by atomic mass is 10.00. The molecule has 1 heterocycles. The van der Waals surface area contributed by atoms with Crippen LogP contribution in [0.4, 0.5) is 0 Å². The van der Waals surface area contributed by atoms with Gasteiger partial charge < -0.3 is 34.9 Å². The summed E-state index contributed by atoms with van der Waals surface area (Å²) in [5.74, 6) is 0. The van der Waals surface area contributed by atoms with Crippen LogP contribution >= 0.6 is 7.82 Å². The van der Waals surface area contributed by atoms with Gasteiger partial charge in [0.1, 0.15) is 24.4 Å². The Bertz CT molecular complexity index is 277. The average molecular weight is 260 g/mol. The quantitative estimate of drug-likeness (QED) is 0.289. The highest BCUT2D eigenvalue weighted by molar-refractivity contribution is 7.46. The number of aliphatic hydroxyl groups is 4. The molecular formula is C6H13O9P. The number of phosphoric acid groups is 1. The first-order valence-electron chi connectivity index (χ1n) is 4.30. The zero-order valence-electron chi connectivity index (χ0n) is 7.95. The van der Waals surface area contributed by atoms with Crippen LogP contribution in [0.15, 0.2) is 0 Å². The molecule has 10 heteroatoms. The van der Waals surface area contributed by atoms with Gasteiger partial charge in [-0.1, -0.05) is 0 Å². The summed E-state index contributed by atoms with van der Waals surface area (Å²) < 4.78 is 19.0.